The monoisotopic (exact) mass is 228 g/mol. The van der Waals surface area contributed by atoms with E-state index in [0.717, 1.165) is 13.1 Å². The first-order valence-corrected chi connectivity index (χ1v) is 6.40. The summed E-state index contributed by atoms with van der Waals surface area (Å²) in [6.45, 7) is 6.48. The van der Waals surface area contributed by atoms with E-state index in [1.54, 1.807) is 0 Å². The molecule has 17 heavy (non-hydrogen) atoms. The number of anilines is 1. The average Bonchev–Trinajstić information content (AvgIpc) is 2.33. The van der Waals surface area contributed by atoms with E-state index >= 15 is 0 Å². The van der Waals surface area contributed by atoms with Gasteiger partial charge in [0.25, 0.3) is 0 Å². The molecule has 0 amide bonds. The number of hydrogen-bond donors (Lipinski definition) is 0. The van der Waals surface area contributed by atoms with E-state index in [9.17, 15) is 0 Å². The molecule has 1 heterocycles. The fraction of sp³-hybridized carbons (Fsp3) is 0.533. The second-order valence-electron chi connectivity index (χ2n) is 5.09. The summed E-state index contributed by atoms with van der Waals surface area (Å²) in [6, 6.07) is 8.97. The van der Waals surface area contributed by atoms with Crippen molar-refractivity contribution in [2.24, 2.45) is 5.92 Å². The molecule has 1 aromatic rings. The SMILES string of the molecule is Cc1ccc(N2CCCC(CC#N)C2)cc1C. The van der Waals surface area contributed by atoms with Gasteiger partial charge < -0.3 is 4.90 Å². The molecule has 2 rings (SSSR count). The normalized spacial score (nSPS) is 20.1. The van der Waals surface area contributed by atoms with Crippen LogP contribution in [0.1, 0.15) is 30.4 Å². The molecule has 2 heteroatoms. The van der Waals surface area contributed by atoms with Crippen molar-refractivity contribution in [1.29, 1.82) is 5.26 Å². The largest absolute Gasteiger partial charge is 0.371 e. The van der Waals surface area contributed by atoms with Gasteiger partial charge in [0.2, 0.25) is 0 Å². The van der Waals surface area contributed by atoms with Crippen molar-refractivity contribution in [3.8, 4) is 6.07 Å². The summed E-state index contributed by atoms with van der Waals surface area (Å²) in [5.74, 6) is 0.551. The lowest BCUT2D eigenvalue weighted by molar-refractivity contribution is 0.422. The Morgan fingerprint density at radius 1 is 1.35 bits per heavy atom. The molecule has 0 saturated carbocycles. The lowest BCUT2D eigenvalue weighted by Gasteiger charge is -2.33. The molecule has 0 aromatic heterocycles. The molecule has 2 nitrogen and oxygen atoms in total. The van der Waals surface area contributed by atoms with Crippen molar-refractivity contribution >= 4 is 5.69 Å². The lowest BCUT2D eigenvalue weighted by atomic mass is 9.95. The van der Waals surface area contributed by atoms with Crippen LogP contribution in [0.15, 0.2) is 18.2 Å². The Morgan fingerprint density at radius 3 is 2.88 bits per heavy atom. The highest BCUT2D eigenvalue weighted by Gasteiger charge is 2.19. The van der Waals surface area contributed by atoms with Gasteiger partial charge in [0.15, 0.2) is 0 Å². The van der Waals surface area contributed by atoms with Crippen LogP contribution in [0.25, 0.3) is 0 Å². The Labute approximate surface area is 104 Å². The molecule has 1 aliphatic rings. The number of benzene rings is 1. The van der Waals surface area contributed by atoms with Crippen LogP contribution in [0.2, 0.25) is 0 Å². The van der Waals surface area contributed by atoms with Crippen LogP contribution >= 0.6 is 0 Å². The molecule has 1 saturated heterocycles. The number of rotatable bonds is 2. The van der Waals surface area contributed by atoms with E-state index in [2.05, 4.69) is 43.0 Å². The van der Waals surface area contributed by atoms with Gasteiger partial charge in [-0.15, -0.1) is 0 Å². The first-order valence-electron chi connectivity index (χ1n) is 6.40. The van der Waals surface area contributed by atoms with Crippen molar-refractivity contribution in [2.75, 3.05) is 18.0 Å². The third kappa shape index (κ3) is 2.79. The van der Waals surface area contributed by atoms with Crippen LogP contribution < -0.4 is 4.90 Å². The predicted molar refractivity (Wildman–Crippen MR) is 71.1 cm³/mol. The Hall–Kier alpha value is -1.49. The molecule has 1 unspecified atom stereocenters. The summed E-state index contributed by atoms with van der Waals surface area (Å²) in [7, 11) is 0. The molecular weight excluding hydrogens is 208 g/mol. The standard InChI is InChI=1S/C15H20N2/c1-12-5-6-15(10-13(12)2)17-9-3-4-14(11-17)7-8-16/h5-6,10,14H,3-4,7,9,11H2,1-2H3. The van der Waals surface area contributed by atoms with Gasteiger partial charge in [0.05, 0.1) is 6.07 Å². The smallest absolute Gasteiger partial charge is 0.0625 e. The van der Waals surface area contributed by atoms with Gasteiger partial charge in [-0.25, -0.2) is 0 Å². The molecule has 1 atom stereocenters. The summed E-state index contributed by atoms with van der Waals surface area (Å²) < 4.78 is 0. The van der Waals surface area contributed by atoms with Crippen LogP contribution in [-0.4, -0.2) is 13.1 Å². The zero-order valence-corrected chi connectivity index (χ0v) is 10.7. The Bertz CT molecular complexity index is 431. The number of nitrogens with zero attached hydrogens (tertiary/aromatic N) is 2. The topological polar surface area (TPSA) is 27.0 Å². The maximum Gasteiger partial charge on any atom is 0.0625 e. The molecule has 1 fully saturated rings. The minimum absolute atomic E-state index is 0.551. The lowest BCUT2D eigenvalue weighted by Crippen LogP contribution is -2.35. The van der Waals surface area contributed by atoms with Gasteiger partial charge in [-0.2, -0.15) is 5.26 Å². The van der Waals surface area contributed by atoms with E-state index in [0.29, 0.717) is 12.3 Å². The molecule has 0 N–H and O–H groups in total. The summed E-state index contributed by atoms with van der Waals surface area (Å²) in [4.78, 5) is 2.43. The molecule has 0 bridgehead atoms. The first-order chi connectivity index (χ1) is 8.20. The molecule has 1 aromatic carbocycles. The van der Waals surface area contributed by atoms with Crippen molar-refractivity contribution in [1.82, 2.24) is 0 Å². The Morgan fingerprint density at radius 2 is 2.18 bits per heavy atom. The van der Waals surface area contributed by atoms with E-state index < -0.39 is 0 Å². The summed E-state index contributed by atoms with van der Waals surface area (Å²) in [5.41, 5.74) is 4.01. The number of hydrogen-bond acceptors (Lipinski definition) is 2. The van der Waals surface area contributed by atoms with Crippen molar-refractivity contribution < 1.29 is 0 Å². The first kappa shape index (κ1) is 12.0. The Balaban J connectivity index is 2.11. The summed E-state index contributed by atoms with van der Waals surface area (Å²) >= 11 is 0. The predicted octanol–water partition coefficient (Wildman–Crippen LogP) is 3.43. The van der Waals surface area contributed by atoms with Crippen molar-refractivity contribution in [2.45, 2.75) is 33.1 Å². The maximum absolute atomic E-state index is 8.79. The zero-order valence-electron chi connectivity index (χ0n) is 10.7. The van der Waals surface area contributed by atoms with Crippen molar-refractivity contribution in [3.05, 3.63) is 29.3 Å². The van der Waals surface area contributed by atoms with Gasteiger partial charge in [-0.05, 0) is 55.9 Å². The average molecular weight is 228 g/mol. The van der Waals surface area contributed by atoms with Crippen molar-refractivity contribution in [3.63, 3.8) is 0 Å². The van der Waals surface area contributed by atoms with E-state index in [1.165, 1.54) is 29.7 Å². The molecule has 90 valence electrons. The van der Waals surface area contributed by atoms with Gasteiger partial charge >= 0.3 is 0 Å². The van der Waals surface area contributed by atoms with Gasteiger partial charge in [0.1, 0.15) is 0 Å². The van der Waals surface area contributed by atoms with Crippen LogP contribution in [0.4, 0.5) is 5.69 Å². The third-order valence-electron chi connectivity index (χ3n) is 3.75. The second-order valence-corrected chi connectivity index (χ2v) is 5.09. The third-order valence-corrected chi connectivity index (χ3v) is 3.75. The fourth-order valence-corrected chi connectivity index (χ4v) is 2.52. The zero-order chi connectivity index (χ0) is 12.3. The van der Waals surface area contributed by atoms with Crippen LogP contribution in [-0.2, 0) is 0 Å². The number of nitriles is 1. The van der Waals surface area contributed by atoms with Gasteiger partial charge in [0, 0.05) is 25.2 Å². The van der Waals surface area contributed by atoms with Crippen LogP contribution in [0, 0.1) is 31.1 Å². The molecule has 0 spiro atoms. The number of piperidine rings is 1. The van der Waals surface area contributed by atoms with Gasteiger partial charge in [-0.3, -0.25) is 0 Å². The molecule has 0 aliphatic carbocycles. The number of aryl methyl sites for hydroxylation is 2. The van der Waals surface area contributed by atoms with Gasteiger partial charge in [-0.1, -0.05) is 6.07 Å². The highest BCUT2D eigenvalue weighted by atomic mass is 15.1. The maximum atomic E-state index is 8.79. The minimum Gasteiger partial charge on any atom is -0.371 e. The fourth-order valence-electron chi connectivity index (χ4n) is 2.52. The van der Waals surface area contributed by atoms with Crippen LogP contribution in [0.5, 0.6) is 0 Å². The van der Waals surface area contributed by atoms with E-state index in [4.69, 9.17) is 5.26 Å². The highest BCUT2D eigenvalue weighted by Crippen LogP contribution is 2.26. The summed E-state index contributed by atoms with van der Waals surface area (Å²) in [5, 5.41) is 8.79. The quantitative estimate of drug-likeness (QED) is 0.775. The summed E-state index contributed by atoms with van der Waals surface area (Å²) in [6.07, 6.45) is 3.11. The minimum atomic E-state index is 0.551. The van der Waals surface area contributed by atoms with E-state index in [1.807, 2.05) is 0 Å². The van der Waals surface area contributed by atoms with Crippen LogP contribution in [0.3, 0.4) is 0 Å². The molecule has 0 radical (unpaired) electrons. The second kappa shape index (κ2) is 5.23. The highest BCUT2D eigenvalue weighted by molar-refractivity contribution is 5.51. The molecular formula is C15H20N2. The molecule has 1 aliphatic heterocycles. The van der Waals surface area contributed by atoms with E-state index in [-0.39, 0.29) is 0 Å². The Kier molecular flexibility index (Phi) is 3.68.